The van der Waals surface area contributed by atoms with Gasteiger partial charge < -0.3 is 0 Å². The Labute approximate surface area is 174 Å². The maximum Gasteiger partial charge on any atom is -0.0162 e. The number of fused-ring (bicyclic) bond motifs is 3. The van der Waals surface area contributed by atoms with Gasteiger partial charge >= 0.3 is 0 Å². The first-order chi connectivity index (χ1) is 13.7. The SMILES string of the molecule is CCCCc1ccc(C2CCC(C34CCC(CCCC)(CC3)CC4)CC2)cc1. The summed E-state index contributed by atoms with van der Waals surface area (Å²) in [6, 6.07) is 9.73. The minimum atomic E-state index is 0.753. The van der Waals surface area contributed by atoms with Gasteiger partial charge in [-0.25, -0.2) is 0 Å². The fraction of sp³-hybridized carbons (Fsp3) is 0.786. The van der Waals surface area contributed by atoms with Gasteiger partial charge in [0.25, 0.3) is 0 Å². The number of hydrogen-bond acceptors (Lipinski definition) is 0. The van der Waals surface area contributed by atoms with E-state index in [0.29, 0.717) is 0 Å². The third-order valence-electron chi connectivity index (χ3n) is 9.38. The van der Waals surface area contributed by atoms with Crippen molar-refractivity contribution in [3.05, 3.63) is 35.4 Å². The molecule has 2 bridgehead atoms. The molecule has 0 saturated heterocycles. The average Bonchev–Trinajstić information content (AvgIpc) is 2.78. The van der Waals surface area contributed by atoms with Gasteiger partial charge in [0.2, 0.25) is 0 Å². The third kappa shape index (κ3) is 4.22. The molecule has 4 aliphatic rings. The van der Waals surface area contributed by atoms with Crippen LogP contribution in [0.4, 0.5) is 0 Å². The molecule has 0 atom stereocenters. The Hall–Kier alpha value is -0.780. The predicted molar refractivity (Wildman–Crippen MR) is 122 cm³/mol. The molecule has 0 aromatic heterocycles. The summed E-state index contributed by atoms with van der Waals surface area (Å²) in [4.78, 5) is 0. The monoisotopic (exact) mass is 380 g/mol. The molecule has 4 fully saturated rings. The molecule has 0 nitrogen and oxygen atoms in total. The van der Waals surface area contributed by atoms with Crippen LogP contribution in [0, 0.1) is 16.7 Å². The van der Waals surface area contributed by atoms with E-state index >= 15 is 0 Å². The molecule has 0 radical (unpaired) electrons. The number of rotatable bonds is 8. The summed E-state index contributed by atoms with van der Waals surface area (Å²) in [7, 11) is 0. The molecule has 156 valence electrons. The molecule has 28 heavy (non-hydrogen) atoms. The Balaban J connectivity index is 1.30. The number of aryl methyl sites for hydroxylation is 1. The summed E-state index contributed by atoms with van der Waals surface area (Å²) in [5.74, 6) is 1.88. The van der Waals surface area contributed by atoms with E-state index in [1.54, 1.807) is 44.1 Å². The first kappa shape index (κ1) is 20.5. The van der Waals surface area contributed by atoms with Crippen molar-refractivity contribution in [1.29, 1.82) is 0 Å². The summed E-state index contributed by atoms with van der Waals surface area (Å²) in [5.41, 5.74) is 4.69. The zero-order valence-corrected chi connectivity index (χ0v) is 18.8. The molecule has 0 unspecified atom stereocenters. The second-order valence-corrected chi connectivity index (χ2v) is 10.9. The van der Waals surface area contributed by atoms with Crippen LogP contribution in [0.5, 0.6) is 0 Å². The summed E-state index contributed by atoms with van der Waals surface area (Å²) >= 11 is 0. The lowest BCUT2D eigenvalue weighted by Gasteiger charge is -2.58. The van der Waals surface area contributed by atoms with Crippen LogP contribution in [-0.4, -0.2) is 0 Å². The van der Waals surface area contributed by atoms with E-state index in [2.05, 4.69) is 38.1 Å². The Kier molecular flexibility index (Phi) is 6.53. The normalized spacial score (nSPS) is 35.2. The van der Waals surface area contributed by atoms with Gasteiger partial charge in [-0.2, -0.15) is 0 Å². The lowest BCUT2D eigenvalue weighted by molar-refractivity contribution is -0.0629. The van der Waals surface area contributed by atoms with Crippen molar-refractivity contribution in [3.8, 4) is 0 Å². The zero-order valence-electron chi connectivity index (χ0n) is 18.8. The Morgan fingerprint density at radius 1 is 0.750 bits per heavy atom. The van der Waals surface area contributed by atoms with Gasteiger partial charge in [0, 0.05) is 0 Å². The van der Waals surface area contributed by atoms with Crippen molar-refractivity contribution in [2.75, 3.05) is 0 Å². The van der Waals surface area contributed by atoms with E-state index in [1.165, 1.54) is 69.8 Å². The van der Waals surface area contributed by atoms with Crippen LogP contribution in [0.15, 0.2) is 24.3 Å². The van der Waals surface area contributed by atoms with Crippen molar-refractivity contribution in [2.45, 2.75) is 122 Å². The van der Waals surface area contributed by atoms with E-state index < -0.39 is 0 Å². The standard InChI is InChI=1S/C28H44/c1-3-5-7-23-8-10-24(11-9-23)25-12-14-26(15-13-25)28-20-17-27(18-21-28,19-22-28)16-6-4-2/h8-11,25-26H,3-7,12-22H2,1-2H3. The number of unbranched alkanes of at least 4 members (excludes halogenated alkanes) is 2. The van der Waals surface area contributed by atoms with Crippen LogP contribution in [-0.2, 0) is 6.42 Å². The Bertz CT molecular complexity index is 577. The van der Waals surface area contributed by atoms with Crippen LogP contribution >= 0.6 is 0 Å². The van der Waals surface area contributed by atoms with Crippen LogP contribution in [0.1, 0.15) is 127 Å². The topological polar surface area (TPSA) is 0 Å². The molecule has 1 aromatic rings. The average molecular weight is 381 g/mol. The molecule has 1 aromatic carbocycles. The quantitative estimate of drug-likeness (QED) is 0.422. The van der Waals surface area contributed by atoms with E-state index in [9.17, 15) is 0 Å². The molecule has 0 N–H and O–H groups in total. The molecule has 0 heterocycles. The molecule has 4 saturated carbocycles. The fourth-order valence-corrected chi connectivity index (χ4v) is 7.21. The van der Waals surface area contributed by atoms with Gasteiger partial charge in [0.1, 0.15) is 0 Å². The van der Waals surface area contributed by atoms with Crippen LogP contribution < -0.4 is 0 Å². The van der Waals surface area contributed by atoms with E-state index in [-0.39, 0.29) is 0 Å². The second kappa shape index (κ2) is 8.93. The van der Waals surface area contributed by atoms with Crippen molar-refractivity contribution >= 4 is 0 Å². The zero-order chi connectivity index (χ0) is 19.5. The highest BCUT2D eigenvalue weighted by molar-refractivity contribution is 5.26. The minimum absolute atomic E-state index is 0.753. The van der Waals surface area contributed by atoms with Crippen LogP contribution in [0.25, 0.3) is 0 Å². The van der Waals surface area contributed by atoms with Crippen LogP contribution in [0.3, 0.4) is 0 Å². The summed E-state index contributed by atoms with van der Waals surface area (Å²) in [5, 5.41) is 0. The molecule has 0 aliphatic heterocycles. The van der Waals surface area contributed by atoms with Gasteiger partial charge in [-0.3, -0.25) is 0 Å². The lowest BCUT2D eigenvalue weighted by Crippen LogP contribution is -2.46. The van der Waals surface area contributed by atoms with E-state index in [4.69, 9.17) is 0 Å². The fourth-order valence-electron chi connectivity index (χ4n) is 7.21. The lowest BCUT2D eigenvalue weighted by atomic mass is 9.47. The summed E-state index contributed by atoms with van der Waals surface area (Å²) < 4.78 is 0. The highest BCUT2D eigenvalue weighted by Crippen LogP contribution is 2.63. The van der Waals surface area contributed by atoms with Crippen LogP contribution in [0.2, 0.25) is 0 Å². The number of hydrogen-bond donors (Lipinski definition) is 0. The Morgan fingerprint density at radius 2 is 1.36 bits per heavy atom. The van der Waals surface area contributed by atoms with E-state index in [1.807, 2.05) is 0 Å². The molecule has 0 amide bonds. The van der Waals surface area contributed by atoms with Crippen molar-refractivity contribution in [3.63, 3.8) is 0 Å². The second-order valence-electron chi connectivity index (χ2n) is 10.9. The van der Waals surface area contributed by atoms with Gasteiger partial charge in [-0.1, -0.05) is 57.4 Å². The van der Waals surface area contributed by atoms with Gasteiger partial charge in [-0.15, -0.1) is 0 Å². The van der Waals surface area contributed by atoms with Gasteiger partial charge in [0.05, 0.1) is 0 Å². The molecule has 5 rings (SSSR count). The third-order valence-corrected chi connectivity index (χ3v) is 9.38. The highest BCUT2D eigenvalue weighted by Gasteiger charge is 2.51. The maximum atomic E-state index is 2.46. The van der Waals surface area contributed by atoms with Gasteiger partial charge in [0.15, 0.2) is 0 Å². The smallest absolute Gasteiger partial charge is 0.0162 e. The summed E-state index contributed by atoms with van der Waals surface area (Å²) in [6.45, 7) is 4.65. The first-order valence-corrected chi connectivity index (χ1v) is 12.8. The molecular formula is C28H44. The van der Waals surface area contributed by atoms with Crippen molar-refractivity contribution in [2.24, 2.45) is 16.7 Å². The maximum absolute atomic E-state index is 2.46. The summed E-state index contributed by atoms with van der Waals surface area (Å²) in [6.07, 6.45) is 23.6. The van der Waals surface area contributed by atoms with Crippen molar-refractivity contribution in [1.82, 2.24) is 0 Å². The molecular weight excluding hydrogens is 336 g/mol. The Morgan fingerprint density at radius 3 is 1.93 bits per heavy atom. The molecule has 0 heteroatoms. The molecule has 4 aliphatic carbocycles. The largest absolute Gasteiger partial charge is 0.0654 e. The first-order valence-electron chi connectivity index (χ1n) is 12.8. The van der Waals surface area contributed by atoms with Gasteiger partial charge in [-0.05, 0) is 117 Å². The minimum Gasteiger partial charge on any atom is -0.0654 e. The molecule has 0 spiro atoms. The predicted octanol–water partition coefficient (Wildman–Crippen LogP) is 8.83. The number of benzene rings is 1. The highest BCUT2D eigenvalue weighted by atomic mass is 14.6. The van der Waals surface area contributed by atoms with E-state index in [0.717, 1.165) is 22.7 Å². The van der Waals surface area contributed by atoms with Crippen molar-refractivity contribution < 1.29 is 0 Å².